The molecule has 0 amide bonds. The Bertz CT molecular complexity index is 262. The fourth-order valence-electron chi connectivity index (χ4n) is 0.746. The standard InChI is InChI=1S/C7H8N3/c8-5-6-2-1-3-7(4-6)10-9/h1-4H,5,8H2/q+1. The summed E-state index contributed by atoms with van der Waals surface area (Å²) in [5.74, 6) is 0. The predicted molar refractivity (Wildman–Crippen MR) is 39.1 cm³/mol. The average Bonchev–Trinajstić information content (AvgIpc) is 2.05. The second kappa shape index (κ2) is 2.95. The summed E-state index contributed by atoms with van der Waals surface area (Å²) >= 11 is 0. The lowest BCUT2D eigenvalue weighted by molar-refractivity contribution is 1.07. The first-order chi connectivity index (χ1) is 4.86. The number of nitrogens with zero attached hydrogens (tertiary/aromatic N) is 2. The molecule has 0 atom stereocenters. The van der Waals surface area contributed by atoms with Crippen molar-refractivity contribution in [1.29, 1.82) is 5.39 Å². The number of hydrogen-bond acceptors (Lipinski definition) is 2. The molecule has 3 heteroatoms. The van der Waals surface area contributed by atoms with E-state index >= 15 is 0 Å². The molecule has 2 N–H and O–H groups in total. The van der Waals surface area contributed by atoms with Crippen molar-refractivity contribution in [2.45, 2.75) is 6.54 Å². The van der Waals surface area contributed by atoms with E-state index in [4.69, 9.17) is 11.1 Å². The van der Waals surface area contributed by atoms with Gasteiger partial charge in [-0.25, -0.2) is 0 Å². The Labute approximate surface area is 59.1 Å². The van der Waals surface area contributed by atoms with Crippen LogP contribution in [0.5, 0.6) is 0 Å². The van der Waals surface area contributed by atoms with Gasteiger partial charge < -0.3 is 5.73 Å². The minimum atomic E-state index is 0.476. The zero-order valence-corrected chi connectivity index (χ0v) is 5.49. The molecule has 3 nitrogen and oxygen atoms in total. The molecule has 0 bridgehead atoms. The molecule has 0 aliphatic carbocycles. The van der Waals surface area contributed by atoms with Crippen molar-refractivity contribution < 1.29 is 0 Å². The van der Waals surface area contributed by atoms with E-state index in [1.54, 1.807) is 18.2 Å². The molecule has 0 spiro atoms. The Morgan fingerprint density at radius 3 is 2.90 bits per heavy atom. The van der Waals surface area contributed by atoms with Crippen LogP contribution in [0.25, 0.3) is 4.98 Å². The highest BCUT2D eigenvalue weighted by Gasteiger charge is 2.01. The van der Waals surface area contributed by atoms with Gasteiger partial charge in [-0.15, -0.1) is 0 Å². The first kappa shape index (κ1) is 6.72. The second-order valence-corrected chi connectivity index (χ2v) is 1.97. The lowest BCUT2D eigenvalue weighted by Gasteiger charge is -1.88. The summed E-state index contributed by atoms with van der Waals surface area (Å²) in [6, 6.07) is 7.13. The molecule has 1 rings (SSSR count). The van der Waals surface area contributed by atoms with Crippen LogP contribution in [0.1, 0.15) is 5.56 Å². The molecule has 0 aromatic heterocycles. The van der Waals surface area contributed by atoms with E-state index in [-0.39, 0.29) is 0 Å². The van der Waals surface area contributed by atoms with Crippen LogP contribution in [0.2, 0.25) is 0 Å². The summed E-state index contributed by atoms with van der Waals surface area (Å²) in [4.78, 5) is 3.02. The summed E-state index contributed by atoms with van der Waals surface area (Å²) in [7, 11) is 0. The van der Waals surface area contributed by atoms with Crippen LogP contribution in [0.15, 0.2) is 24.3 Å². The van der Waals surface area contributed by atoms with Crippen LogP contribution in [0.3, 0.4) is 0 Å². The minimum absolute atomic E-state index is 0.476. The third-order valence-corrected chi connectivity index (χ3v) is 1.26. The molecule has 0 aliphatic heterocycles. The van der Waals surface area contributed by atoms with E-state index in [1.807, 2.05) is 6.07 Å². The lowest BCUT2D eigenvalue weighted by Crippen LogP contribution is -1.94. The van der Waals surface area contributed by atoms with Gasteiger partial charge in [0.25, 0.3) is 0 Å². The fourth-order valence-corrected chi connectivity index (χ4v) is 0.746. The molecule has 0 radical (unpaired) electrons. The van der Waals surface area contributed by atoms with Crippen molar-refractivity contribution in [3.8, 4) is 0 Å². The van der Waals surface area contributed by atoms with Gasteiger partial charge in [-0.05, 0) is 5.56 Å². The highest BCUT2D eigenvalue weighted by Crippen LogP contribution is 2.12. The van der Waals surface area contributed by atoms with Crippen molar-refractivity contribution in [3.05, 3.63) is 34.8 Å². The summed E-state index contributed by atoms with van der Waals surface area (Å²) in [5.41, 5.74) is 6.86. The van der Waals surface area contributed by atoms with Crippen LogP contribution in [-0.4, -0.2) is 0 Å². The van der Waals surface area contributed by atoms with Crippen molar-refractivity contribution in [2.24, 2.45) is 5.73 Å². The number of hydrogen-bond donors (Lipinski definition) is 1. The van der Waals surface area contributed by atoms with Crippen molar-refractivity contribution >= 4 is 5.69 Å². The average molecular weight is 134 g/mol. The Hall–Kier alpha value is -1.40. The molecule has 0 fully saturated rings. The maximum Gasteiger partial charge on any atom is 0.385 e. The van der Waals surface area contributed by atoms with E-state index in [9.17, 15) is 0 Å². The van der Waals surface area contributed by atoms with E-state index in [1.165, 1.54) is 0 Å². The van der Waals surface area contributed by atoms with Crippen LogP contribution in [0, 0.1) is 5.39 Å². The van der Waals surface area contributed by atoms with E-state index in [0.29, 0.717) is 12.2 Å². The maximum absolute atomic E-state index is 8.34. The van der Waals surface area contributed by atoms with Gasteiger partial charge in [-0.2, -0.15) is 0 Å². The molecule has 0 heterocycles. The Morgan fingerprint density at radius 2 is 2.30 bits per heavy atom. The SMILES string of the molecule is N#[N+]c1cccc(CN)c1. The Morgan fingerprint density at radius 1 is 1.50 bits per heavy atom. The normalized spacial score (nSPS) is 8.80. The highest BCUT2D eigenvalue weighted by atomic mass is 14.8. The monoisotopic (exact) mass is 134 g/mol. The lowest BCUT2D eigenvalue weighted by atomic mass is 10.2. The number of benzene rings is 1. The van der Waals surface area contributed by atoms with Gasteiger partial charge in [0.15, 0.2) is 4.98 Å². The summed E-state index contributed by atoms with van der Waals surface area (Å²) in [6.07, 6.45) is 0. The zero-order valence-electron chi connectivity index (χ0n) is 5.49. The molecular formula is C7H8N3+. The first-order valence-electron chi connectivity index (χ1n) is 3.01. The third kappa shape index (κ3) is 1.30. The zero-order chi connectivity index (χ0) is 7.40. The molecule has 50 valence electrons. The summed E-state index contributed by atoms with van der Waals surface area (Å²) in [5, 5.41) is 8.34. The van der Waals surface area contributed by atoms with Crippen molar-refractivity contribution in [1.82, 2.24) is 0 Å². The van der Waals surface area contributed by atoms with Gasteiger partial charge in [0.1, 0.15) is 0 Å². The van der Waals surface area contributed by atoms with Gasteiger partial charge in [0, 0.05) is 18.7 Å². The number of diazo groups is 1. The first-order valence-corrected chi connectivity index (χ1v) is 3.01. The van der Waals surface area contributed by atoms with E-state index in [2.05, 4.69) is 4.98 Å². The molecule has 0 saturated heterocycles. The minimum Gasteiger partial charge on any atom is -0.326 e. The van der Waals surface area contributed by atoms with Crippen LogP contribution in [-0.2, 0) is 6.54 Å². The molecule has 1 aromatic rings. The quantitative estimate of drug-likeness (QED) is 0.593. The van der Waals surface area contributed by atoms with Gasteiger partial charge in [0.05, 0.1) is 0 Å². The van der Waals surface area contributed by atoms with Gasteiger partial charge in [-0.1, -0.05) is 12.1 Å². The largest absolute Gasteiger partial charge is 0.385 e. The molecular weight excluding hydrogens is 126 g/mol. The van der Waals surface area contributed by atoms with Crippen molar-refractivity contribution in [3.63, 3.8) is 0 Å². The number of rotatable bonds is 1. The molecule has 0 saturated carbocycles. The Kier molecular flexibility index (Phi) is 1.98. The van der Waals surface area contributed by atoms with Crippen LogP contribution < -0.4 is 5.73 Å². The number of nitrogens with two attached hydrogens (primary N) is 1. The summed E-state index contributed by atoms with van der Waals surface area (Å²) in [6.45, 7) is 0.476. The van der Waals surface area contributed by atoms with Crippen molar-refractivity contribution in [2.75, 3.05) is 0 Å². The van der Waals surface area contributed by atoms with E-state index in [0.717, 1.165) is 5.56 Å². The van der Waals surface area contributed by atoms with E-state index < -0.39 is 0 Å². The fraction of sp³-hybridized carbons (Fsp3) is 0.143. The molecule has 10 heavy (non-hydrogen) atoms. The van der Waals surface area contributed by atoms with Gasteiger partial charge >= 0.3 is 5.69 Å². The van der Waals surface area contributed by atoms with Gasteiger partial charge in [0.2, 0.25) is 5.39 Å². The molecule has 0 aliphatic rings. The van der Waals surface area contributed by atoms with Crippen LogP contribution in [0.4, 0.5) is 5.69 Å². The molecule has 0 unspecified atom stereocenters. The highest BCUT2D eigenvalue weighted by molar-refractivity contribution is 5.45. The van der Waals surface area contributed by atoms with Gasteiger partial charge in [-0.3, -0.25) is 0 Å². The smallest absolute Gasteiger partial charge is 0.326 e. The topological polar surface area (TPSA) is 54.2 Å². The van der Waals surface area contributed by atoms with Crippen LogP contribution >= 0.6 is 0 Å². The second-order valence-electron chi connectivity index (χ2n) is 1.97. The third-order valence-electron chi connectivity index (χ3n) is 1.26. The Balaban J connectivity index is 3.01. The predicted octanol–water partition coefficient (Wildman–Crippen LogP) is 1.63. The molecule has 1 aromatic carbocycles. The summed E-state index contributed by atoms with van der Waals surface area (Å²) < 4.78 is 0. The maximum atomic E-state index is 8.34.